The van der Waals surface area contributed by atoms with Crippen LogP contribution in [-0.2, 0) is 0 Å². The molecule has 0 saturated carbocycles. The molecule has 3 heterocycles. The summed E-state index contributed by atoms with van der Waals surface area (Å²) >= 11 is 0. The zero-order chi connectivity index (χ0) is 16.9. The summed E-state index contributed by atoms with van der Waals surface area (Å²) < 4.78 is 5.86. The minimum atomic E-state index is 0.359. The van der Waals surface area contributed by atoms with Gasteiger partial charge in [0.25, 0.3) is 0 Å². The summed E-state index contributed by atoms with van der Waals surface area (Å²) in [5.41, 5.74) is 0.993. The smallest absolute Gasteiger partial charge is 0.213 e. The van der Waals surface area contributed by atoms with Crippen LogP contribution in [0.2, 0.25) is 0 Å². The van der Waals surface area contributed by atoms with Gasteiger partial charge in [0.05, 0.1) is 6.61 Å². The lowest BCUT2D eigenvalue weighted by Crippen LogP contribution is -2.36. The van der Waals surface area contributed by atoms with Crippen LogP contribution in [0.4, 0.5) is 5.82 Å². The van der Waals surface area contributed by atoms with Gasteiger partial charge in [-0.1, -0.05) is 19.9 Å². The van der Waals surface area contributed by atoms with E-state index in [1.54, 1.807) is 0 Å². The maximum absolute atomic E-state index is 5.86. The van der Waals surface area contributed by atoms with Crippen molar-refractivity contribution >= 4 is 5.82 Å². The van der Waals surface area contributed by atoms with Crippen molar-refractivity contribution in [3.05, 3.63) is 42.0 Å². The van der Waals surface area contributed by atoms with Gasteiger partial charge in [-0.25, -0.2) is 15.0 Å². The molecule has 1 aliphatic rings. The third-order valence-electron chi connectivity index (χ3n) is 4.44. The van der Waals surface area contributed by atoms with Crippen LogP contribution in [0.5, 0.6) is 5.88 Å². The van der Waals surface area contributed by atoms with E-state index < -0.39 is 0 Å². The molecule has 0 radical (unpaired) electrons. The molecular weight excluding hydrogens is 300 g/mol. The molecule has 0 aromatic carbocycles. The third-order valence-corrected chi connectivity index (χ3v) is 4.44. The number of ether oxygens (including phenoxy) is 1. The van der Waals surface area contributed by atoms with E-state index in [1.165, 1.54) is 0 Å². The predicted octanol–water partition coefficient (Wildman–Crippen LogP) is 3.60. The first-order chi connectivity index (χ1) is 11.6. The molecule has 1 fully saturated rings. The Bertz CT molecular complexity index is 666. The molecule has 0 aliphatic carbocycles. The molecule has 128 valence electrons. The van der Waals surface area contributed by atoms with Crippen LogP contribution in [-0.4, -0.2) is 34.6 Å². The lowest BCUT2D eigenvalue weighted by atomic mass is 9.98. The Morgan fingerprint density at radius 1 is 1.17 bits per heavy atom. The van der Waals surface area contributed by atoms with Crippen molar-refractivity contribution in [3.63, 3.8) is 0 Å². The summed E-state index contributed by atoms with van der Waals surface area (Å²) in [6, 6.07) is 7.91. The van der Waals surface area contributed by atoms with E-state index in [-0.39, 0.29) is 0 Å². The summed E-state index contributed by atoms with van der Waals surface area (Å²) in [7, 11) is 0. The average Bonchev–Trinajstić information content (AvgIpc) is 2.60. The second-order valence-electron chi connectivity index (χ2n) is 6.79. The molecule has 2 aromatic heterocycles. The van der Waals surface area contributed by atoms with E-state index >= 15 is 0 Å². The number of hydrogen-bond acceptors (Lipinski definition) is 5. The van der Waals surface area contributed by atoms with E-state index in [4.69, 9.17) is 9.72 Å². The van der Waals surface area contributed by atoms with E-state index in [0.29, 0.717) is 11.8 Å². The van der Waals surface area contributed by atoms with Crippen molar-refractivity contribution in [3.8, 4) is 5.88 Å². The fraction of sp³-hybridized carbons (Fsp3) is 0.526. The first kappa shape index (κ1) is 16.7. The highest BCUT2D eigenvalue weighted by Gasteiger charge is 2.21. The number of hydrogen-bond donors (Lipinski definition) is 0. The Morgan fingerprint density at radius 2 is 1.96 bits per heavy atom. The number of nitrogens with zero attached hydrogens (tertiary/aromatic N) is 4. The molecular formula is C19H26N4O. The molecule has 0 unspecified atom stereocenters. The van der Waals surface area contributed by atoms with Crippen molar-refractivity contribution in [1.82, 2.24) is 15.0 Å². The summed E-state index contributed by atoms with van der Waals surface area (Å²) in [4.78, 5) is 15.8. The monoisotopic (exact) mass is 326 g/mol. The molecule has 0 bridgehead atoms. The van der Waals surface area contributed by atoms with Crippen LogP contribution < -0.4 is 9.64 Å². The number of aryl methyl sites for hydroxylation is 1. The predicted molar refractivity (Wildman–Crippen MR) is 95.5 cm³/mol. The average molecular weight is 326 g/mol. The largest absolute Gasteiger partial charge is 0.477 e. The Morgan fingerprint density at radius 3 is 2.67 bits per heavy atom. The van der Waals surface area contributed by atoms with Gasteiger partial charge in [0.15, 0.2) is 0 Å². The Labute approximate surface area is 144 Å². The Hall–Kier alpha value is -2.17. The van der Waals surface area contributed by atoms with Crippen molar-refractivity contribution in [2.45, 2.75) is 39.5 Å². The van der Waals surface area contributed by atoms with E-state index in [9.17, 15) is 0 Å². The molecule has 0 spiro atoms. The minimum absolute atomic E-state index is 0.359. The van der Waals surface area contributed by atoms with Crippen LogP contribution in [0.25, 0.3) is 0 Å². The number of anilines is 1. The summed E-state index contributed by atoms with van der Waals surface area (Å²) in [5, 5.41) is 0. The highest BCUT2D eigenvalue weighted by atomic mass is 16.5. The lowest BCUT2D eigenvalue weighted by molar-refractivity contribution is 0.215. The summed E-state index contributed by atoms with van der Waals surface area (Å²) in [6.07, 6.45) is 4.11. The van der Waals surface area contributed by atoms with Crippen molar-refractivity contribution < 1.29 is 4.74 Å². The van der Waals surface area contributed by atoms with Gasteiger partial charge < -0.3 is 9.64 Å². The maximum atomic E-state index is 5.86. The molecule has 5 heteroatoms. The Balaban J connectivity index is 1.51. The third kappa shape index (κ3) is 4.22. The fourth-order valence-electron chi connectivity index (χ4n) is 2.95. The van der Waals surface area contributed by atoms with Gasteiger partial charge in [-0.3, -0.25) is 0 Å². The van der Waals surface area contributed by atoms with Crippen molar-refractivity contribution in [2.75, 3.05) is 24.6 Å². The van der Waals surface area contributed by atoms with E-state index in [0.717, 1.165) is 55.8 Å². The highest BCUT2D eigenvalue weighted by Crippen LogP contribution is 2.23. The van der Waals surface area contributed by atoms with Gasteiger partial charge in [0, 0.05) is 37.0 Å². The topological polar surface area (TPSA) is 51.1 Å². The second-order valence-corrected chi connectivity index (χ2v) is 6.79. The van der Waals surface area contributed by atoms with Gasteiger partial charge in [0.1, 0.15) is 11.6 Å². The van der Waals surface area contributed by atoms with Gasteiger partial charge in [0.2, 0.25) is 5.88 Å². The normalized spacial score (nSPS) is 15.8. The second kappa shape index (κ2) is 7.60. The highest BCUT2D eigenvalue weighted by molar-refractivity contribution is 5.38. The summed E-state index contributed by atoms with van der Waals surface area (Å²) in [5.74, 6) is 3.64. The zero-order valence-electron chi connectivity index (χ0n) is 14.8. The van der Waals surface area contributed by atoms with Crippen LogP contribution in [0, 0.1) is 12.8 Å². The molecule has 0 atom stereocenters. The first-order valence-electron chi connectivity index (χ1n) is 8.76. The van der Waals surface area contributed by atoms with Crippen molar-refractivity contribution in [1.29, 1.82) is 0 Å². The SMILES string of the molecule is Cc1cccc(OCC2CCN(c3ccnc(C(C)C)n3)CC2)n1. The molecule has 3 rings (SSSR count). The fourth-order valence-corrected chi connectivity index (χ4v) is 2.95. The number of piperidine rings is 1. The molecule has 2 aromatic rings. The molecule has 1 aliphatic heterocycles. The molecule has 0 N–H and O–H groups in total. The first-order valence-corrected chi connectivity index (χ1v) is 8.76. The van der Waals surface area contributed by atoms with Crippen LogP contribution in [0.1, 0.15) is 44.1 Å². The van der Waals surface area contributed by atoms with Crippen LogP contribution in [0.3, 0.4) is 0 Å². The minimum Gasteiger partial charge on any atom is -0.477 e. The Kier molecular flexibility index (Phi) is 5.28. The van der Waals surface area contributed by atoms with Gasteiger partial charge >= 0.3 is 0 Å². The standard InChI is InChI=1S/C19H26N4O/c1-14(2)19-20-10-7-17(22-19)23-11-8-16(9-12-23)13-24-18-6-4-5-15(3)21-18/h4-7,10,14,16H,8-9,11-13H2,1-3H3. The summed E-state index contributed by atoms with van der Waals surface area (Å²) in [6.45, 7) is 9.02. The molecule has 24 heavy (non-hydrogen) atoms. The van der Waals surface area contributed by atoms with Gasteiger partial charge in [-0.05, 0) is 37.8 Å². The van der Waals surface area contributed by atoms with Crippen LogP contribution >= 0.6 is 0 Å². The number of aromatic nitrogens is 3. The van der Waals surface area contributed by atoms with Crippen LogP contribution in [0.15, 0.2) is 30.5 Å². The molecule has 0 amide bonds. The zero-order valence-corrected chi connectivity index (χ0v) is 14.8. The van der Waals surface area contributed by atoms with Gasteiger partial charge in [-0.2, -0.15) is 0 Å². The molecule has 5 nitrogen and oxygen atoms in total. The van der Waals surface area contributed by atoms with E-state index in [2.05, 4.69) is 28.7 Å². The number of rotatable bonds is 5. The quantitative estimate of drug-likeness (QED) is 0.840. The lowest BCUT2D eigenvalue weighted by Gasteiger charge is -2.32. The molecule has 1 saturated heterocycles. The number of pyridine rings is 1. The van der Waals surface area contributed by atoms with Gasteiger partial charge in [-0.15, -0.1) is 0 Å². The van der Waals surface area contributed by atoms with Crippen molar-refractivity contribution in [2.24, 2.45) is 5.92 Å². The maximum Gasteiger partial charge on any atom is 0.213 e. The van der Waals surface area contributed by atoms with E-state index in [1.807, 2.05) is 37.4 Å².